The fourth-order valence-electron chi connectivity index (χ4n) is 9.07. The third-order valence-electron chi connectivity index (χ3n) is 10.6. The Bertz CT molecular complexity index is 698. The highest BCUT2D eigenvalue weighted by Gasteiger charge is 2.64. The molecule has 0 heterocycles. The van der Waals surface area contributed by atoms with E-state index in [1.54, 1.807) is 0 Å². The molecule has 9 atom stereocenters. The Labute approximate surface area is 190 Å². The molecule has 0 aromatic rings. The van der Waals surface area contributed by atoms with Gasteiger partial charge < -0.3 is 4.74 Å². The van der Waals surface area contributed by atoms with Gasteiger partial charge >= 0.3 is 5.97 Å². The first-order valence-corrected chi connectivity index (χ1v) is 13.3. The summed E-state index contributed by atoms with van der Waals surface area (Å²) < 4.78 is 5.67. The highest BCUT2D eigenvalue weighted by atomic mass is 16.5. The zero-order valence-corrected chi connectivity index (χ0v) is 20.9. The van der Waals surface area contributed by atoms with Gasteiger partial charge in [-0.15, -0.1) is 0 Å². The summed E-state index contributed by atoms with van der Waals surface area (Å²) in [5, 5.41) is 0. The van der Waals surface area contributed by atoms with Gasteiger partial charge in [-0.1, -0.05) is 53.9 Å². The number of rotatable bonds is 6. The zero-order chi connectivity index (χ0) is 22.6. The molecule has 3 nitrogen and oxygen atoms in total. The van der Waals surface area contributed by atoms with Gasteiger partial charge in [-0.25, -0.2) is 0 Å². The highest BCUT2D eigenvalue weighted by molar-refractivity contribution is 5.89. The largest absolute Gasteiger partial charge is 0.462 e. The average Bonchev–Trinajstić information content (AvgIpc) is 3.03. The van der Waals surface area contributed by atoms with Crippen LogP contribution >= 0.6 is 0 Å². The molecule has 0 spiro atoms. The second-order valence-corrected chi connectivity index (χ2v) is 12.7. The second kappa shape index (κ2) is 8.49. The minimum atomic E-state index is -0.229. The van der Waals surface area contributed by atoms with Crippen LogP contribution in [0.3, 0.4) is 0 Å². The molecule has 0 aromatic carbocycles. The fourth-order valence-corrected chi connectivity index (χ4v) is 9.07. The Kier molecular flexibility index (Phi) is 6.38. The minimum Gasteiger partial charge on any atom is -0.462 e. The summed E-state index contributed by atoms with van der Waals surface area (Å²) >= 11 is 0. The molecule has 0 radical (unpaired) electrons. The predicted octanol–water partition coefficient (Wildman–Crippen LogP) is 6.83. The molecule has 0 saturated heterocycles. The molecule has 176 valence electrons. The molecule has 0 N–H and O–H groups in total. The molecule has 4 aliphatic rings. The van der Waals surface area contributed by atoms with Crippen molar-refractivity contribution in [3.05, 3.63) is 0 Å². The van der Waals surface area contributed by atoms with Gasteiger partial charge in [-0.2, -0.15) is 0 Å². The Hall–Kier alpha value is -0.860. The SMILES string of the molecule is CC(=O)O[C@H]1CC[C@@]2(C)C(=O)[C@@H]1C[C@H]1[C@@H]3CC[C@H]([C@H](C)CCCC(C)C)[C@@]3(C)CC[C@@H]12. The molecule has 2 bridgehead atoms. The number of hydrogen-bond acceptors (Lipinski definition) is 3. The van der Waals surface area contributed by atoms with E-state index in [1.807, 2.05) is 0 Å². The number of carbonyl (C=O) groups is 2. The number of hydrogen-bond donors (Lipinski definition) is 0. The number of Topliss-reactive ketones (excluding diaryl/α,β-unsaturated/α-hetero) is 1. The first-order valence-electron chi connectivity index (χ1n) is 13.3. The highest BCUT2D eigenvalue weighted by Crippen LogP contribution is 2.67. The van der Waals surface area contributed by atoms with Crippen molar-refractivity contribution in [2.24, 2.45) is 52.3 Å². The summed E-state index contributed by atoms with van der Waals surface area (Å²) in [6.45, 7) is 13.5. The Morgan fingerprint density at radius 1 is 1.03 bits per heavy atom. The molecule has 4 rings (SSSR count). The van der Waals surface area contributed by atoms with Crippen molar-refractivity contribution in [3.63, 3.8) is 0 Å². The summed E-state index contributed by atoms with van der Waals surface area (Å²) in [6, 6.07) is 0. The summed E-state index contributed by atoms with van der Waals surface area (Å²) in [5.74, 6) is 4.49. The standard InChI is InChI=1S/C28H46O3/c1-17(2)8-7-9-18(3)22-10-11-23-20-16-21-25(31-19(4)29)13-15-28(6,26(21)30)24(20)12-14-27(22,23)5/h17-18,20-25H,7-16H2,1-6H3/t18-,20+,21-,22-,23+,24+,25+,27-,28-/m1/s1. The van der Waals surface area contributed by atoms with Gasteiger partial charge in [0.05, 0.1) is 5.92 Å². The van der Waals surface area contributed by atoms with E-state index in [0.717, 1.165) is 42.9 Å². The van der Waals surface area contributed by atoms with Crippen molar-refractivity contribution in [2.75, 3.05) is 0 Å². The van der Waals surface area contributed by atoms with Gasteiger partial charge in [0.2, 0.25) is 0 Å². The van der Waals surface area contributed by atoms with Crippen LogP contribution in [-0.2, 0) is 14.3 Å². The fraction of sp³-hybridized carbons (Fsp3) is 0.929. The predicted molar refractivity (Wildman–Crippen MR) is 124 cm³/mol. The maximum absolute atomic E-state index is 13.5. The molecule has 3 heteroatoms. The van der Waals surface area contributed by atoms with Crippen LogP contribution < -0.4 is 0 Å². The zero-order valence-electron chi connectivity index (χ0n) is 20.9. The van der Waals surface area contributed by atoms with E-state index >= 15 is 0 Å². The normalized spacial score (nSPS) is 45.2. The van der Waals surface area contributed by atoms with Crippen LogP contribution in [0.5, 0.6) is 0 Å². The maximum atomic E-state index is 13.5. The van der Waals surface area contributed by atoms with E-state index in [1.165, 1.54) is 51.9 Å². The van der Waals surface area contributed by atoms with Gasteiger partial charge in [0.25, 0.3) is 0 Å². The lowest BCUT2D eigenvalue weighted by Crippen LogP contribution is -2.60. The summed E-state index contributed by atoms with van der Waals surface area (Å²) in [5.41, 5.74) is 0.243. The lowest BCUT2D eigenvalue weighted by Gasteiger charge is -2.60. The number of ketones is 1. The second-order valence-electron chi connectivity index (χ2n) is 12.7. The van der Waals surface area contributed by atoms with Gasteiger partial charge in [0, 0.05) is 12.3 Å². The van der Waals surface area contributed by atoms with Crippen molar-refractivity contribution in [3.8, 4) is 0 Å². The van der Waals surface area contributed by atoms with E-state index in [0.29, 0.717) is 23.0 Å². The van der Waals surface area contributed by atoms with Crippen molar-refractivity contribution >= 4 is 11.8 Å². The molecular weight excluding hydrogens is 384 g/mol. The number of esters is 1. The van der Waals surface area contributed by atoms with Crippen molar-refractivity contribution in [2.45, 2.75) is 112 Å². The smallest absolute Gasteiger partial charge is 0.302 e. The molecule has 31 heavy (non-hydrogen) atoms. The van der Waals surface area contributed by atoms with E-state index in [4.69, 9.17) is 4.74 Å². The van der Waals surface area contributed by atoms with Crippen LogP contribution in [0.4, 0.5) is 0 Å². The maximum Gasteiger partial charge on any atom is 0.302 e. The van der Waals surface area contributed by atoms with Crippen LogP contribution in [0.1, 0.15) is 106 Å². The number of fused-ring (bicyclic) bond motifs is 6. The lowest BCUT2D eigenvalue weighted by molar-refractivity contribution is -0.178. The van der Waals surface area contributed by atoms with Crippen molar-refractivity contribution in [1.82, 2.24) is 0 Å². The van der Waals surface area contributed by atoms with Crippen LogP contribution in [-0.4, -0.2) is 17.9 Å². The van der Waals surface area contributed by atoms with Crippen LogP contribution in [0.2, 0.25) is 0 Å². The van der Waals surface area contributed by atoms with E-state index in [2.05, 4.69) is 34.6 Å². The van der Waals surface area contributed by atoms with Crippen molar-refractivity contribution in [1.29, 1.82) is 0 Å². The molecular formula is C28H46O3. The Morgan fingerprint density at radius 2 is 1.77 bits per heavy atom. The van der Waals surface area contributed by atoms with Crippen LogP contribution in [0.15, 0.2) is 0 Å². The van der Waals surface area contributed by atoms with Gasteiger partial charge in [0.15, 0.2) is 0 Å². The quantitative estimate of drug-likeness (QED) is 0.434. The van der Waals surface area contributed by atoms with Gasteiger partial charge in [0.1, 0.15) is 11.9 Å². The summed E-state index contributed by atoms with van der Waals surface area (Å²) in [6.07, 6.45) is 11.9. The summed E-state index contributed by atoms with van der Waals surface area (Å²) in [7, 11) is 0. The van der Waals surface area contributed by atoms with Gasteiger partial charge in [-0.3, -0.25) is 9.59 Å². The van der Waals surface area contributed by atoms with Gasteiger partial charge in [-0.05, 0) is 85.9 Å². The molecule has 0 aliphatic heterocycles. The third-order valence-corrected chi connectivity index (χ3v) is 10.6. The molecule has 0 aromatic heterocycles. The molecule has 4 saturated carbocycles. The Morgan fingerprint density at radius 3 is 2.45 bits per heavy atom. The Balaban J connectivity index is 1.53. The van der Waals surface area contributed by atoms with E-state index in [-0.39, 0.29) is 23.4 Å². The monoisotopic (exact) mass is 430 g/mol. The summed E-state index contributed by atoms with van der Waals surface area (Å²) in [4.78, 5) is 25.2. The molecule has 0 unspecified atom stereocenters. The number of carbonyl (C=O) groups excluding carboxylic acids is 2. The van der Waals surface area contributed by atoms with Crippen molar-refractivity contribution < 1.29 is 14.3 Å². The van der Waals surface area contributed by atoms with E-state index < -0.39 is 0 Å². The molecule has 0 amide bonds. The average molecular weight is 431 g/mol. The minimum absolute atomic E-state index is 0.0613. The topological polar surface area (TPSA) is 43.4 Å². The molecule has 4 fully saturated rings. The van der Waals surface area contributed by atoms with Crippen LogP contribution in [0, 0.1) is 52.3 Å². The lowest BCUT2D eigenvalue weighted by atomic mass is 9.44. The molecule has 4 aliphatic carbocycles. The third kappa shape index (κ3) is 3.90. The van der Waals surface area contributed by atoms with Crippen LogP contribution in [0.25, 0.3) is 0 Å². The first-order chi connectivity index (χ1) is 14.6. The van der Waals surface area contributed by atoms with E-state index in [9.17, 15) is 9.59 Å². The first kappa shape index (κ1) is 23.3. The number of ether oxygens (including phenoxy) is 1.